The summed E-state index contributed by atoms with van der Waals surface area (Å²) >= 11 is 6.11. The van der Waals surface area contributed by atoms with Crippen molar-refractivity contribution in [1.82, 2.24) is 60.7 Å². The van der Waals surface area contributed by atoms with E-state index < -0.39 is 0 Å². The first-order valence-electron chi connectivity index (χ1n) is 29.9. The Balaban J connectivity index is 0.000000149. The van der Waals surface area contributed by atoms with Crippen molar-refractivity contribution in [2.24, 2.45) is 0 Å². The third-order valence-electron chi connectivity index (χ3n) is 13.8. The number of benzene rings is 8. The summed E-state index contributed by atoms with van der Waals surface area (Å²) in [5, 5.41) is 43.0. The van der Waals surface area contributed by atoms with Crippen LogP contribution in [0, 0.1) is 34.6 Å². The Morgan fingerprint density at radius 2 is 0.798 bits per heavy atom. The average Bonchev–Trinajstić information content (AvgIpc) is 1.06. The highest BCUT2D eigenvalue weighted by atomic mass is 35.5. The van der Waals surface area contributed by atoms with E-state index in [1.807, 2.05) is 175 Å². The lowest BCUT2D eigenvalue weighted by Gasteiger charge is -2.16. The Morgan fingerprint density at radius 3 is 1.27 bits per heavy atom. The molecule has 25 heteroatoms. The van der Waals surface area contributed by atoms with Crippen LogP contribution in [0.3, 0.4) is 0 Å². The molecule has 0 fully saturated rings. The molecule has 24 nitrogen and oxygen atoms in total. The van der Waals surface area contributed by atoms with Crippen molar-refractivity contribution in [3.05, 3.63) is 220 Å². The number of H-pyrrole nitrogens is 4. The van der Waals surface area contributed by atoms with Gasteiger partial charge in [-0.25, -0.2) is 0 Å². The molecule has 8 N–H and O–H groups in total. The van der Waals surface area contributed by atoms with Gasteiger partial charge in [-0.15, -0.1) is 20.4 Å². The number of aromatic nitrogens is 12. The molecule has 0 spiro atoms. The molecule has 8 aromatic carbocycles. The van der Waals surface area contributed by atoms with Crippen molar-refractivity contribution in [2.45, 2.75) is 67.7 Å². The molecule has 0 bridgehead atoms. The number of methoxy groups -OCH3 is 4. The van der Waals surface area contributed by atoms with Gasteiger partial charge < -0.3 is 59.2 Å². The minimum Gasteiger partial charge on any atom is -0.496 e. The van der Waals surface area contributed by atoms with Crippen LogP contribution in [0.1, 0.15) is 58.0 Å². The zero-order chi connectivity index (χ0) is 66.2. The molecule has 0 saturated carbocycles. The van der Waals surface area contributed by atoms with Crippen molar-refractivity contribution in [3.63, 3.8) is 0 Å². The van der Waals surface area contributed by atoms with E-state index in [0.29, 0.717) is 96.1 Å². The maximum atomic E-state index is 6.23. The van der Waals surface area contributed by atoms with Gasteiger partial charge >= 0.3 is 0 Å². The highest BCUT2D eigenvalue weighted by Crippen LogP contribution is 2.43. The van der Waals surface area contributed by atoms with Gasteiger partial charge in [0.05, 0.1) is 35.0 Å². The second-order valence-electron chi connectivity index (χ2n) is 20.7. The molecule has 0 aliphatic carbocycles. The number of para-hydroxylation sites is 3. The van der Waals surface area contributed by atoms with Crippen LogP contribution in [0.15, 0.2) is 164 Å². The van der Waals surface area contributed by atoms with Crippen LogP contribution < -0.4 is 59.2 Å². The maximum Gasteiger partial charge on any atom is 0.242 e. The van der Waals surface area contributed by atoms with Gasteiger partial charge in [-0.05, 0) is 101 Å². The number of nitrogens with zero attached hydrogens (tertiary/aromatic N) is 8. The van der Waals surface area contributed by atoms with E-state index in [9.17, 15) is 0 Å². The molecule has 0 amide bonds. The standard InChI is InChI=1S/C20H18N4O.C19H22N4O4.C19H22N4O2.C11H13ClN4O/c1-14-22-20(24-23-14)21-13-16-8-3-5-11-18(16)25-19-12-6-9-15-7-2-4-10-17(15)19;1-12-21-19(23-22-12)20-11-13-7-5-6-8-15(13)27-14-9-16(24-2)18(26-4)17(10-14)25-3;1-4-24-18-11-13(2)9-10-17(18)25-16-8-6-5-7-15(16)12-20-19-21-14(3)22-23-19;1-7-14-11(16-15-7)13-6-8-9(12)4-3-5-10(8)17-2/h2-12H,13H2,1H3,(H2,21,22,23,24);5-10H,11H2,1-4H3,(H2,20,21,22,23);5-11H,4,12H2,1-3H3,(H2,20,21,22,23);3-5H,6H2,1-2H3,(H2,13,14,15,16). The normalized spacial score (nSPS) is 10.5. The number of fused-ring (bicyclic) bond motifs is 1. The summed E-state index contributed by atoms with van der Waals surface area (Å²) in [5.41, 5.74) is 5.02. The molecule has 0 aliphatic rings. The molecule has 0 atom stereocenters. The molecule has 486 valence electrons. The topological polar surface area (TPSA) is 288 Å². The number of aromatic amines is 4. The summed E-state index contributed by atoms with van der Waals surface area (Å²) in [6, 6.07) is 52.8. The molecule has 0 unspecified atom stereocenters. The fourth-order valence-electron chi connectivity index (χ4n) is 9.26. The van der Waals surface area contributed by atoms with Gasteiger partial charge in [0.1, 0.15) is 57.8 Å². The van der Waals surface area contributed by atoms with E-state index in [-0.39, 0.29) is 0 Å². The number of rotatable bonds is 24. The summed E-state index contributed by atoms with van der Waals surface area (Å²) in [4.78, 5) is 16.9. The Bertz CT molecular complexity index is 4330. The first-order chi connectivity index (χ1) is 45.8. The van der Waals surface area contributed by atoms with Crippen molar-refractivity contribution < 1.29 is 37.9 Å². The van der Waals surface area contributed by atoms with E-state index in [1.165, 1.54) is 0 Å². The first-order valence-corrected chi connectivity index (χ1v) is 30.3. The molecule has 0 radical (unpaired) electrons. The summed E-state index contributed by atoms with van der Waals surface area (Å²) in [6.45, 7) is 14.2. The lowest BCUT2D eigenvalue weighted by atomic mass is 10.1. The van der Waals surface area contributed by atoms with Gasteiger partial charge in [0.15, 0.2) is 23.0 Å². The molecule has 4 aromatic heterocycles. The number of halogens is 1. The third kappa shape index (κ3) is 18.8. The van der Waals surface area contributed by atoms with Gasteiger partial charge in [-0.1, -0.05) is 115 Å². The Morgan fingerprint density at radius 1 is 0.383 bits per heavy atom. The summed E-state index contributed by atoms with van der Waals surface area (Å²) < 4.78 is 45.5. The Kier molecular flexibility index (Phi) is 23.8. The van der Waals surface area contributed by atoms with Crippen LogP contribution in [0.2, 0.25) is 5.02 Å². The molecular formula is C69H75ClN16O8. The fourth-order valence-corrected chi connectivity index (χ4v) is 9.49. The Hall–Kier alpha value is -11.5. The monoisotopic (exact) mass is 1290 g/mol. The molecular weight excluding hydrogens is 1220 g/mol. The van der Waals surface area contributed by atoms with Crippen molar-refractivity contribution >= 4 is 46.2 Å². The van der Waals surface area contributed by atoms with E-state index in [4.69, 9.17) is 49.5 Å². The first kappa shape index (κ1) is 66.9. The second kappa shape index (κ2) is 33.5. The van der Waals surface area contributed by atoms with E-state index in [2.05, 4.69) is 100 Å². The van der Waals surface area contributed by atoms with Gasteiger partial charge in [0, 0.05) is 71.0 Å². The zero-order valence-corrected chi connectivity index (χ0v) is 54.6. The number of ether oxygens (including phenoxy) is 8. The van der Waals surface area contributed by atoms with E-state index in [0.717, 1.165) is 90.6 Å². The van der Waals surface area contributed by atoms with Gasteiger partial charge in [0.2, 0.25) is 29.5 Å². The second-order valence-corrected chi connectivity index (χ2v) is 21.1. The Labute approximate surface area is 549 Å². The summed E-state index contributed by atoms with van der Waals surface area (Å²) in [7, 11) is 6.31. The predicted octanol–water partition coefficient (Wildman–Crippen LogP) is 14.8. The minimum atomic E-state index is 0.512. The highest BCUT2D eigenvalue weighted by molar-refractivity contribution is 6.31. The molecule has 12 rings (SSSR count). The molecule has 4 heterocycles. The van der Waals surface area contributed by atoms with Crippen LogP contribution in [0.5, 0.6) is 63.2 Å². The van der Waals surface area contributed by atoms with E-state index in [1.54, 1.807) is 40.6 Å². The number of hydrogen-bond donors (Lipinski definition) is 8. The number of hydrogen-bond acceptors (Lipinski definition) is 20. The van der Waals surface area contributed by atoms with Crippen LogP contribution in [-0.4, -0.2) is 95.8 Å². The maximum absolute atomic E-state index is 6.23. The highest BCUT2D eigenvalue weighted by Gasteiger charge is 2.17. The average molecular weight is 1290 g/mol. The third-order valence-corrected chi connectivity index (χ3v) is 14.1. The zero-order valence-electron chi connectivity index (χ0n) is 53.8. The van der Waals surface area contributed by atoms with Crippen LogP contribution in [0.25, 0.3) is 10.8 Å². The summed E-state index contributed by atoms with van der Waals surface area (Å²) in [6.07, 6.45) is 0. The summed E-state index contributed by atoms with van der Waals surface area (Å²) in [5.74, 6) is 12.8. The molecule has 12 aromatic rings. The number of aryl methyl sites for hydroxylation is 5. The lowest BCUT2D eigenvalue weighted by Crippen LogP contribution is -2.03. The molecule has 0 aliphatic heterocycles. The predicted molar refractivity (Wildman–Crippen MR) is 364 cm³/mol. The van der Waals surface area contributed by atoms with E-state index >= 15 is 0 Å². The van der Waals surface area contributed by atoms with Gasteiger partial charge in [-0.3, -0.25) is 20.4 Å². The number of anilines is 4. The largest absolute Gasteiger partial charge is 0.496 e. The van der Waals surface area contributed by atoms with Crippen molar-refractivity contribution in [3.8, 4) is 63.2 Å². The van der Waals surface area contributed by atoms with Crippen LogP contribution >= 0.6 is 11.6 Å². The fraction of sp³-hybridized carbons (Fsp3) is 0.217. The van der Waals surface area contributed by atoms with Crippen molar-refractivity contribution in [1.29, 1.82) is 0 Å². The van der Waals surface area contributed by atoms with Crippen LogP contribution in [0.4, 0.5) is 23.8 Å². The lowest BCUT2D eigenvalue weighted by molar-refractivity contribution is 0.320. The molecule has 94 heavy (non-hydrogen) atoms. The molecule has 0 saturated heterocycles. The van der Waals surface area contributed by atoms with Crippen LogP contribution in [-0.2, 0) is 26.2 Å². The smallest absolute Gasteiger partial charge is 0.242 e. The quantitative estimate of drug-likeness (QED) is 0.0279. The van der Waals surface area contributed by atoms with Crippen molar-refractivity contribution in [2.75, 3.05) is 56.3 Å². The minimum absolute atomic E-state index is 0.512. The van der Waals surface area contributed by atoms with Gasteiger partial charge in [-0.2, -0.15) is 19.9 Å². The van der Waals surface area contributed by atoms with Gasteiger partial charge in [0.25, 0.3) is 0 Å². The SMILES string of the molecule is CCOc1cc(C)ccc1Oc1ccccc1CNc1n[nH]c(C)n1.COc1cc(Oc2ccccc2CNc2n[nH]c(C)n2)cc(OC)c1OC.COc1cccc(Cl)c1CNc1n[nH]c(C)n1.Cc1nc(NCc2ccccc2Oc2cccc3ccccc23)n[nH]1. The number of nitrogens with one attached hydrogen (secondary N) is 8.